The molecule has 0 saturated carbocycles. The molecule has 1 aliphatic rings. The number of para-hydroxylation sites is 2. The first-order valence-corrected chi connectivity index (χ1v) is 11.9. The maximum atomic E-state index is 13.3. The van der Waals surface area contributed by atoms with Crippen molar-refractivity contribution in [2.75, 3.05) is 36.9 Å². The molecule has 0 amide bonds. The molecule has 0 spiro atoms. The number of nitrogen functional groups attached to an aromatic ring is 1. The van der Waals surface area contributed by atoms with Crippen molar-refractivity contribution in [3.8, 4) is 11.4 Å². The standard InChI is InChI=1S/C25H26N8O2S/c1-17-20(24(34)33(30(17)2)19-11-7-4-8-12-19)28-29-21-22(26)32(18-9-5-3-6-10-18)25(36)27-23(21)31-13-15-35-16-14-31/h3-12H,13-16,26H2,1-2H3. The first kappa shape index (κ1) is 23.6. The summed E-state index contributed by atoms with van der Waals surface area (Å²) >= 11 is 5.62. The van der Waals surface area contributed by atoms with Crippen molar-refractivity contribution < 1.29 is 4.74 Å². The van der Waals surface area contributed by atoms with Gasteiger partial charge in [-0.25, -0.2) is 4.68 Å². The lowest BCUT2D eigenvalue weighted by molar-refractivity contribution is 0.122. The molecule has 1 saturated heterocycles. The molecule has 2 aromatic carbocycles. The highest BCUT2D eigenvalue weighted by Crippen LogP contribution is 2.36. The highest BCUT2D eigenvalue weighted by Gasteiger charge is 2.23. The minimum Gasteiger partial charge on any atom is -0.383 e. The van der Waals surface area contributed by atoms with Gasteiger partial charge in [0, 0.05) is 25.8 Å². The van der Waals surface area contributed by atoms with Crippen molar-refractivity contribution in [1.82, 2.24) is 18.9 Å². The van der Waals surface area contributed by atoms with Crippen LogP contribution in [0.3, 0.4) is 0 Å². The molecule has 5 rings (SSSR count). The first-order chi connectivity index (χ1) is 17.5. The summed E-state index contributed by atoms with van der Waals surface area (Å²) in [5.74, 6) is 0.817. The minimum absolute atomic E-state index is 0.224. The number of hydrogen-bond donors (Lipinski definition) is 1. The molecule has 0 unspecified atom stereocenters. The zero-order valence-corrected chi connectivity index (χ0v) is 20.9. The third kappa shape index (κ3) is 4.23. The lowest BCUT2D eigenvalue weighted by Gasteiger charge is -2.29. The molecule has 11 heteroatoms. The van der Waals surface area contributed by atoms with Crippen LogP contribution in [0.5, 0.6) is 0 Å². The van der Waals surface area contributed by atoms with Gasteiger partial charge in [-0.1, -0.05) is 36.4 Å². The van der Waals surface area contributed by atoms with Crippen LogP contribution >= 0.6 is 12.2 Å². The molecular weight excluding hydrogens is 476 g/mol. The lowest BCUT2D eigenvalue weighted by atomic mass is 10.3. The van der Waals surface area contributed by atoms with Crippen molar-refractivity contribution >= 4 is 35.2 Å². The Labute approximate surface area is 212 Å². The van der Waals surface area contributed by atoms with E-state index >= 15 is 0 Å². The number of nitrogens with two attached hydrogens (primary N) is 1. The summed E-state index contributed by atoms with van der Waals surface area (Å²) in [5, 5.41) is 8.92. The van der Waals surface area contributed by atoms with Crippen molar-refractivity contribution in [3.05, 3.63) is 81.5 Å². The molecule has 0 aliphatic carbocycles. The second-order valence-electron chi connectivity index (χ2n) is 8.33. The van der Waals surface area contributed by atoms with Crippen LogP contribution in [0, 0.1) is 11.7 Å². The number of nitrogens with zero attached hydrogens (tertiary/aromatic N) is 7. The second kappa shape index (κ2) is 9.88. The molecule has 0 bridgehead atoms. The molecule has 4 aromatic rings. The predicted molar refractivity (Wildman–Crippen MR) is 142 cm³/mol. The Kier molecular flexibility index (Phi) is 6.49. The van der Waals surface area contributed by atoms with Crippen LogP contribution in [0.1, 0.15) is 5.69 Å². The molecule has 3 heterocycles. The molecular formula is C25H26N8O2S. The lowest BCUT2D eigenvalue weighted by Crippen LogP contribution is -2.37. The van der Waals surface area contributed by atoms with Crippen LogP contribution in [-0.2, 0) is 11.8 Å². The second-order valence-corrected chi connectivity index (χ2v) is 8.70. The van der Waals surface area contributed by atoms with Gasteiger partial charge in [0.1, 0.15) is 5.82 Å². The average Bonchev–Trinajstić information content (AvgIpc) is 3.12. The van der Waals surface area contributed by atoms with E-state index in [1.165, 1.54) is 0 Å². The Morgan fingerprint density at radius 1 is 0.944 bits per heavy atom. The van der Waals surface area contributed by atoms with Gasteiger partial charge < -0.3 is 15.4 Å². The molecule has 0 atom stereocenters. The Hall–Kier alpha value is -4.09. The number of benzene rings is 2. The summed E-state index contributed by atoms with van der Waals surface area (Å²) in [6.07, 6.45) is 0. The van der Waals surface area contributed by atoms with Gasteiger partial charge in [0.25, 0.3) is 5.56 Å². The van der Waals surface area contributed by atoms with E-state index in [1.807, 2.05) is 79.5 Å². The van der Waals surface area contributed by atoms with E-state index in [0.717, 1.165) is 11.4 Å². The number of hydrogen-bond acceptors (Lipinski definition) is 8. The number of aromatic nitrogens is 4. The fraction of sp³-hybridized carbons (Fsp3) is 0.240. The van der Waals surface area contributed by atoms with Crippen LogP contribution in [0.15, 0.2) is 75.7 Å². The number of rotatable bonds is 5. The van der Waals surface area contributed by atoms with Crippen molar-refractivity contribution in [2.45, 2.75) is 6.92 Å². The molecule has 0 radical (unpaired) electrons. The molecule has 10 nitrogen and oxygen atoms in total. The van der Waals surface area contributed by atoms with Crippen molar-refractivity contribution in [1.29, 1.82) is 0 Å². The van der Waals surface area contributed by atoms with E-state index in [0.29, 0.717) is 54.1 Å². The summed E-state index contributed by atoms with van der Waals surface area (Å²) in [4.78, 5) is 20.1. The molecule has 1 aliphatic heterocycles. The molecule has 2 aromatic heterocycles. The SMILES string of the molecule is Cc1c(N=Nc2c(N3CCOCC3)nc(=S)n(-c3ccccc3)c2N)c(=O)n(-c2ccccc2)n1C. The average molecular weight is 503 g/mol. The summed E-state index contributed by atoms with van der Waals surface area (Å²) in [5.41, 5.74) is 9.11. The van der Waals surface area contributed by atoms with Gasteiger partial charge in [-0.05, 0) is 43.4 Å². The van der Waals surface area contributed by atoms with E-state index in [2.05, 4.69) is 15.2 Å². The number of ether oxygens (including phenoxy) is 1. The van der Waals surface area contributed by atoms with Crippen LogP contribution in [0.2, 0.25) is 0 Å². The largest absolute Gasteiger partial charge is 0.383 e. The van der Waals surface area contributed by atoms with E-state index < -0.39 is 0 Å². The van der Waals surface area contributed by atoms with Gasteiger partial charge in [-0.3, -0.25) is 14.0 Å². The summed E-state index contributed by atoms with van der Waals surface area (Å²) in [6.45, 7) is 4.17. The number of azo groups is 1. The Balaban J connectivity index is 1.67. The Morgan fingerprint density at radius 3 is 2.17 bits per heavy atom. The smallest absolute Gasteiger partial charge is 0.299 e. The number of morpholine rings is 1. The fourth-order valence-electron chi connectivity index (χ4n) is 4.20. The van der Waals surface area contributed by atoms with Crippen LogP contribution in [0.25, 0.3) is 11.4 Å². The third-order valence-corrected chi connectivity index (χ3v) is 6.46. The fourth-order valence-corrected chi connectivity index (χ4v) is 4.49. The van der Waals surface area contributed by atoms with Gasteiger partial charge >= 0.3 is 0 Å². The monoisotopic (exact) mass is 502 g/mol. The Bertz CT molecular complexity index is 1530. The van der Waals surface area contributed by atoms with Crippen LogP contribution in [0.4, 0.5) is 23.0 Å². The van der Waals surface area contributed by atoms with Crippen LogP contribution < -0.4 is 16.2 Å². The van der Waals surface area contributed by atoms with Crippen molar-refractivity contribution in [2.24, 2.45) is 17.3 Å². The zero-order chi connectivity index (χ0) is 25.2. The first-order valence-electron chi connectivity index (χ1n) is 11.5. The molecule has 184 valence electrons. The minimum atomic E-state index is -0.278. The zero-order valence-electron chi connectivity index (χ0n) is 20.0. The number of anilines is 2. The van der Waals surface area contributed by atoms with Gasteiger partial charge in [-0.2, -0.15) is 4.98 Å². The Morgan fingerprint density at radius 2 is 1.53 bits per heavy atom. The highest BCUT2D eigenvalue weighted by molar-refractivity contribution is 7.71. The van der Waals surface area contributed by atoms with Gasteiger partial charge in [-0.15, -0.1) is 10.2 Å². The van der Waals surface area contributed by atoms with E-state index in [9.17, 15) is 4.79 Å². The van der Waals surface area contributed by atoms with E-state index in [-0.39, 0.29) is 11.2 Å². The highest BCUT2D eigenvalue weighted by atomic mass is 32.1. The topological polar surface area (TPSA) is 108 Å². The van der Waals surface area contributed by atoms with E-state index in [4.69, 9.17) is 22.7 Å². The van der Waals surface area contributed by atoms with Crippen molar-refractivity contribution in [3.63, 3.8) is 0 Å². The van der Waals surface area contributed by atoms with Crippen LogP contribution in [-0.4, -0.2) is 45.2 Å². The molecule has 1 fully saturated rings. The van der Waals surface area contributed by atoms with Gasteiger partial charge in [0.05, 0.1) is 24.6 Å². The summed E-state index contributed by atoms with van der Waals surface area (Å²) in [7, 11) is 1.81. The molecule has 36 heavy (non-hydrogen) atoms. The normalized spacial score (nSPS) is 14.0. The van der Waals surface area contributed by atoms with Gasteiger partial charge in [0.15, 0.2) is 17.2 Å². The summed E-state index contributed by atoms with van der Waals surface area (Å²) < 4.78 is 10.8. The van der Waals surface area contributed by atoms with Gasteiger partial charge in [0.2, 0.25) is 4.77 Å². The summed E-state index contributed by atoms with van der Waals surface area (Å²) in [6, 6.07) is 18.9. The maximum Gasteiger partial charge on any atom is 0.299 e. The maximum absolute atomic E-state index is 13.3. The van der Waals surface area contributed by atoms with E-state index in [1.54, 1.807) is 13.9 Å². The predicted octanol–water partition coefficient (Wildman–Crippen LogP) is 4.23. The molecule has 2 N–H and O–H groups in total. The third-order valence-electron chi connectivity index (χ3n) is 6.19. The quantitative estimate of drug-likeness (QED) is 0.323.